The second-order valence-corrected chi connectivity index (χ2v) is 6.27. The van der Waals surface area contributed by atoms with E-state index in [2.05, 4.69) is 10.3 Å². The zero-order chi connectivity index (χ0) is 15.2. The van der Waals surface area contributed by atoms with Gasteiger partial charge in [-0.2, -0.15) is 0 Å². The molecule has 5 nitrogen and oxygen atoms in total. The smallest absolute Gasteiger partial charge is 0.225 e. The fourth-order valence-corrected chi connectivity index (χ4v) is 3.35. The Bertz CT molecular complexity index is 474. The van der Waals surface area contributed by atoms with Crippen molar-refractivity contribution in [1.82, 2.24) is 15.2 Å². The molecule has 2 aliphatic rings. The van der Waals surface area contributed by atoms with E-state index in [1.165, 1.54) is 0 Å². The van der Waals surface area contributed by atoms with E-state index >= 15 is 0 Å². The van der Waals surface area contributed by atoms with Gasteiger partial charge >= 0.3 is 0 Å². The molecule has 22 heavy (non-hydrogen) atoms. The summed E-state index contributed by atoms with van der Waals surface area (Å²) in [4.78, 5) is 19.2. The molecule has 2 saturated heterocycles. The molecule has 0 bridgehead atoms. The van der Waals surface area contributed by atoms with E-state index in [-0.39, 0.29) is 5.92 Å². The maximum atomic E-state index is 12.7. The summed E-state index contributed by atoms with van der Waals surface area (Å²) in [6.45, 7) is 4.79. The van der Waals surface area contributed by atoms with E-state index < -0.39 is 0 Å². The molecule has 0 radical (unpaired) electrons. The van der Waals surface area contributed by atoms with Gasteiger partial charge in [-0.1, -0.05) is 6.07 Å². The van der Waals surface area contributed by atoms with Gasteiger partial charge in [-0.25, -0.2) is 0 Å². The number of carbonyl (C=O) groups excluding carboxylic acids is 1. The van der Waals surface area contributed by atoms with E-state index in [0.29, 0.717) is 25.0 Å². The number of piperidine rings is 1. The SMILES string of the molecule is O=C(C1CCNCC1)N1CCOCC(Cc2ccccn2)C1. The molecular weight excluding hydrogens is 278 g/mol. The number of hydrogen-bond donors (Lipinski definition) is 1. The van der Waals surface area contributed by atoms with E-state index in [1.54, 1.807) is 0 Å². The molecule has 0 aromatic carbocycles. The summed E-state index contributed by atoms with van der Waals surface area (Å²) in [5, 5.41) is 3.32. The number of nitrogens with one attached hydrogen (secondary N) is 1. The van der Waals surface area contributed by atoms with Crippen molar-refractivity contribution in [3.05, 3.63) is 30.1 Å². The molecule has 0 spiro atoms. The molecule has 2 aliphatic heterocycles. The van der Waals surface area contributed by atoms with Crippen molar-refractivity contribution in [1.29, 1.82) is 0 Å². The summed E-state index contributed by atoms with van der Waals surface area (Å²) in [6, 6.07) is 5.99. The number of rotatable bonds is 3. The van der Waals surface area contributed by atoms with Gasteiger partial charge in [0.15, 0.2) is 0 Å². The quantitative estimate of drug-likeness (QED) is 0.908. The van der Waals surface area contributed by atoms with Gasteiger partial charge in [0.1, 0.15) is 0 Å². The summed E-state index contributed by atoms with van der Waals surface area (Å²) in [5.41, 5.74) is 1.08. The summed E-state index contributed by atoms with van der Waals surface area (Å²) >= 11 is 0. The Hall–Kier alpha value is -1.46. The Morgan fingerprint density at radius 1 is 1.36 bits per heavy atom. The van der Waals surface area contributed by atoms with Crippen LogP contribution in [0.4, 0.5) is 0 Å². The Labute approximate surface area is 132 Å². The van der Waals surface area contributed by atoms with Crippen molar-refractivity contribution in [2.45, 2.75) is 19.3 Å². The lowest BCUT2D eigenvalue weighted by Crippen LogP contribution is -2.43. The first-order chi connectivity index (χ1) is 10.8. The number of aromatic nitrogens is 1. The summed E-state index contributed by atoms with van der Waals surface area (Å²) in [6.07, 6.45) is 4.61. The molecule has 1 aromatic rings. The predicted molar refractivity (Wildman–Crippen MR) is 84.4 cm³/mol. The molecule has 3 rings (SSSR count). The van der Waals surface area contributed by atoms with Crippen LogP contribution in [0.2, 0.25) is 0 Å². The van der Waals surface area contributed by atoms with E-state index in [0.717, 1.165) is 51.1 Å². The molecule has 2 fully saturated rings. The van der Waals surface area contributed by atoms with Crippen LogP contribution in [0.15, 0.2) is 24.4 Å². The predicted octanol–water partition coefficient (Wildman–Crippen LogP) is 1.10. The monoisotopic (exact) mass is 303 g/mol. The first-order valence-electron chi connectivity index (χ1n) is 8.30. The van der Waals surface area contributed by atoms with Gasteiger partial charge in [0.05, 0.1) is 13.2 Å². The van der Waals surface area contributed by atoms with Gasteiger partial charge in [-0.3, -0.25) is 9.78 Å². The minimum Gasteiger partial charge on any atom is -0.379 e. The molecule has 0 saturated carbocycles. The van der Waals surface area contributed by atoms with Crippen molar-refractivity contribution in [2.75, 3.05) is 39.4 Å². The van der Waals surface area contributed by atoms with Gasteiger partial charge in [0, 0.05) is 36.8 Å². The van der Waals surface area contributed by atoms with Crippen LogP contribution in [0, 0.1) is 11.8 Å². The molecule has 5 heteroatoms. The van der Waals surface area contributed by atoms with Crippen molar-refractivity contribution in [3.63, 3.8) is 0 Å². The second-order valence-electron chi connectivity index (χ2n) is 6.27. The van der Waals surface area contributed by atoms with Crippen molar-refractivity contribution >= 4 is 5.91 Å². The molecular formula is C17H25N3O2. The third-order valence-electron chi connectivity index (χ3n) is 4.56. The van der Waals surface area contributed by atoms with Crippen LogP contribution >= 0.6 is 0 Å². The zero-order valence-electron chi connectivity index (χ0n) is 13.0. The highest BCUT2D eigenvalue weighted by Gasteiger charge is 2.29. The standard InChI is InChI=1S/C17H25N3O2/c21-17(15-4-7-18-8-5-15)20-9-10-22-13-14(12-20)11-16-3-1-2-6-19-16/h1-3,6,14-15,18H,4-5,7-13H2. The molecule has 120 valence electrons. The van der Waals surface area contributed by atoms with E-state index in [9.17, 15) is 4.79 Å². The van der Waals surface area contributed by atoms with Crippen LogP contribution in [0.3, 0.4) is 0 Å². The summed E-state index contributed by atoms with van der Waals surface area (Å²) < 4.78 is 5.71. The first kappa shape index (κ1) is 15.4. The lowest BCUT2D eigenvalue weighted by molar-refractivity contribution is -0.136. The Morgan fingerprint density at radius 3 is 3.00 bits per heavy atom. The number of amides is 1. The fraction of sp³-hybridized carbons (Fsp3) is 0.647. The van der Waals surface area contributed by atoms with Crippen molar-refractivity contribution in [3.8, 4) is 0 Å². The molecule has 1 unspecified atom stereocenters. The second kappa shape index (κ2) is 7.70. The number of hydrogen-bond acceptors (Lipinski definition) is 4. The maximum absolute atomic E-state index is 12.7. The normalized spacial score (nSPS) is 24.0. The number of nitrogens with zero attached hydrogens (tertiary/aromatic N) is 2. The van der Waals surface area contributed by atoms with Crippen LogP contribution < -0.4 is 5.32 Å². The van der Waals surface area contributed by atoms with Gasteiger partial charge in [0.25, 0.3) is 0 Å². The minimum absolute atomic E-state index is 0.190. The zero-order valence-corrected chi connectivity index (χ0v) is 13.0. The lowest BCUT2D eigenvalue weighted by atomic mass is 9.95. The summed E-state index contributed by atoms with van der Waals surface area (Å²) in [5.74, 6) is 0.843. The van der Waals surface area contributed by atoms with E-state index in [4.69, 9.17) is 4.74 Å². The first-order valence-corrected chi connectivity index (χ1v) is 8.30. The Morgan fingerprint density at radius 2 is 2.23 bits per heavy atom. The number of ether oxygens (including phenoxy) is 1. The van der Waals surface area contributed by atoms with Gasteiger partial charge in [0.2, 0.25) is 5.91 Å². The van der Waals surface area contributed by atoms with Crippen LogP contribution in [0.1, 0.15) is 18.5 Å². The average Bonchev–Trinajstić information content (AvgIpc) is 2.81. The third-order valence-corrected chi connectivity index (χ3v) is 4.56. The molecule has 0 aliphatic carbocycles. The maximum Gasteiger partial charge on any atom is 0.225 e. The molecule has 1 N–H and O–H groups in total. The highest BCUT2D eigenvalue weighted by molar-refractivity contribution is 5.79. The fourth-order valence-electron chi connectivity index (χ4n) is 3.35. The van der Waals surface area contributed by atoms with Crippen LogP contribution in [-0.4, -0.2) is 55.2 Å². The van der Waals surface area contributed by atoms with E-state index in [1.807, 2.05) is 29.3 Å². The average molecular weight is 303 g/mol. The highest BCUT2D eigenvalue weighted by atomic mass is 16.5. The molecule has 3 heterocycles. The molecule has 1 atom stereocenters. The van der Waals surface area contributed by atoms with Gasteiger partial charge < -0.3 is 15.0 Å². The van der Waals surface area contributed by atoms with Crippen LogP contribution in [0.25, 0.3) is 0 Å². The molecule has 1 amide bonds. The highest BCUT2D eigenvalue weighted by Crippen LogP contribution is 2.19. The van der Waals surface area contributed by atoms with Crippen LogP contribution in [0.5, 0.6) is 0 Å². The summed E-state index contributed by atoms with van der Waals surface area (Å²) in [7, 11) is 0. The number of pyridine rings is 1. The third kappa shape index (κ3) is 4.05. The van der Waals surface area contributed by atoms with Gasteiger partial charge in [-0.15, -0.1) is 0 Å². The Kier molecular flexibility index (Phi) is 5.40. The van der Waals surface area contributed by atoms with Gasteiger partial charge in [-0.05, 0) is 44.5 Å². The minimum atomic E-state index is 0.190. The van der Waals surface area contributed by atoms with Crippen molar-refractivity contribution < 1.29 is 9.53 Å². The number of carbonyl (C=O) groups is 1. The van der Waals surface area contributed by atoms with Crippen LogP contribution in [-0.2, 0) is 16.0 Å². The Balaban J connectivity index is 1.60. The molecule has 1 aromatic heterocycles. The lowest BCUT2D eigenvalue weighted by Gasteiger charge is -2.30. The topological polar surface area (TPSA) is 54.5 Å². The van der Waals surface area contributed by atoms with Crippen molar-refractivity contribution in [2.24, 2.45) is 11.8 Å². The largest absolute Gasteiger partial charge is 0.379 e.